The third-order valence-electron chi connectivity index (χ3n) is 10.5. The molecule has 0 atom stereocenters. The lowest BCUT2D eigenvalue weighted by Gasteiger charge is -2.35. The van der Waals surface area contributed by atoms with Gasteiger partial charge in [0.2, 0.25) is 0 Å². The predicted molar refractivity (Wildman–Crippen MR) is 198 cm³/mol. The molecule has 1 heteroatoms. The number of aryl methyl sites for hydroxylation is 4. The normalized spacial score (nSPS) is 13.6. The summed E-state index contributed by atoms with van der Waals surface area (Å²) in [6, 6.07) is 43.9. The molecule has 1 aliphatic heterocycles. The van der Waals surface area contributed by atoms with Crippen molar-refractivity contribution in [2.45, 2.75) is 47.0 Å². The summed E-state index contributed by atoms with van der Waals surface area (Å²) in [5.41, 5.74) is 16.9. The van der Waals surface area contributed by atoms with E-state index in [1.165, 1.54) is 105 Å². The lowest BCUT2D eigenvalue weighted by molar-refractivity contribution is 0.630. The molecule has 9 rings (SSSR count). The molecule has 1 nitrogen and oxygen atoms in total. The van der Waals surface area contributed by atoms with Crippen LogP contribution in [0.2, 0.25) is 0 Å². The van der Waals surface area contributed by atoms with Gasteiger partial charge in [-0.2, -0.15) is 0 Å². The Morgan fingerprint density at radius 1 is 0.435 bits per heavy atom. The van der Waals surface area contributed by atoms with E-state index in [0.29, 0.717) is 0 Å². The highest BCUT2D eigenvalue weighted by atomic mass is 15.0. The minimum absolute atomic E-state index is 0.170. The molecule has 46 heavy (non-hydrogen) atoms. The third kappa shape index (κ3) is 3.69. The standard InChI is InChI=1S/C45H37N/c1-26-13-17-33-35(21-26)42(30-10-8-7-9-11-30)32-16-12-27(2)22-36(32)43(33)31-15-19-41-38(25-31)45(5,6)39-24-29(4)23-37-34-20-28(3)14-18-40(34)46(41)44(37)39/h7-25H,1-6H3. The minimum Gasteiger partial charge on any atom is -0.309 e. The summed E-state index contributed by atoms with van der Waals surface area (Å²) in [4.78, 5) is 0. The second-order valence-corrected chi connectivity index (χ2v) is 14.1. The van der Waals surface area contributed by atoms with E-state index in [1.54, 1.807) is 0 Å². The lowest BCUT2D eigenvalue weighted by atomic mass is 9.73. The summed E-state index contributed by atoms with van der Waals surface area (Å²) >= 11 is 0. The number of nitrogens with zero attached hydrogens (tertiary/aromatic N) is 1. The molecule has 1 aliphatic rings. The van der Waals surface area contributed by atoms with Crippen LogP contribution in [0, 0.1) is 27.7 Å². The fraction of sp³-hybridized carbons (Fsp3) is 0.156. The Morgan fingerprint density at radius 3 is 1.70 bits per heavy atom. The van der Waals surface area contributed by atoms with Crippen LogP contribution in [0.4, 0.5) is 0 Å². The van der Waals surface area contributed by atoms with E-state index in [0.717, 1.165) is 0 Å². The van der Waals surface area contributed by atoms with Gasteiger partial charge in [-0.15, -0.1) is 0 Å². The van der Waals surface area contributed by atoms with E-state index >= 15 is 0 Å². The Kier molecular flexibility index (Phi) is 5.58. The molecule has 1 aromatic heterocycles. The largest absolute Gasteiger partial charge is 0.309 e. The first-order valence-electron chi connectivity index (χ1n) is 16.4. The summed E-state index contributed by atoms with van der Waals surface area (Å²) < 4.78 is 2.53. The van der Waals surface area contributed by atoms with Gasteiger partial charge in [0.1, 0.15) is 0 Å². The van der Waals surface area contributed by atoms with E-state index in [1.807, 2.05) is 0 Å². The fourth-order valence-corrected chi connectivity index (χ4v) is 8.35. The molecule has 0 unspecified atom stereocenters. The molecule has 0 saturated carbocycles. The molecule has 8 aromatic rings. The average Bonchev–Trinajstić information content (AvgIpc) is 3.36. The maximum atomic E-state index is 2.53. The van der Waals surface area contributed by atoms with Crippen molar-refractivity contribution in [2.24, 2.45) is 0 Å². The monoisotopic (exact) mass is 591 g/mol. The zero-order valence-electron chi connectivity index (χ0n) is 27.4. The van der Waals surface area contributed by atoms with Crippen LogP contribution in [0.5, 0.6) is 0 Å². The molecule has 0 fully saturated rings. The highest BCUT2D eigenvalue weighted by Gasteiger charge is 2.36. The minimum atomic E-state index is -0.170. The van der Waals surface area contributed by atoms with Gasteiger partial charge in [-0.3, -0.25) is 0 Å². The Balaban J connectivity index is 1.40. The summed E-state index contributed by atoms with van der Waals surface area (Å²) in [5, 5.41) is 7.92. The molecule has 0 saturated heterocycles. The molecule has 222 valence electrons. The molecule has 0 amide bonds. The molecule has 0 radical (unpaired) electrons. The number of benzene rings is 7. The Bertz CT molecular complexity index is 2580. The van der Waals surface area contributed by atoms with Gasteiger partial charge in [0.25, 0.3) is 0 Å². The van der Waals surface area contributed by atoms with Gasteiger partial charge in [-0.1, -0.05) is 121 Å². The van der Waals surface area contributed by atoms with Crippen LogP contribution < -0.4 is 0 Å². The van der Waals surface area contributed by atoms with E-state index in [-0.39, 0.29) is 5.41 Å². The zero-order chi connectivity index (χ0) is 31.5. The molecular formula is C45H37N. The van der Waals surface area contributed by atoms with Gasteiger partial charge in [0, 0.05) is 16.2 Å². The van der Waals surface area contributed by atoms with E-state index in [4.69, 9.17) is 0 Å². The SMILES string of the molecule is Cc1ccc2c(-c3ccc4c(c3)C(C)(C)c3cc(C)cc5c6cc(C)ccc6n-4c35)c3cc(C)ccc3c(-c3ccccc3)c2c1. The van der Waals surface area contributed by atoms with Crippen molar-refractivity contribution in [1.82, 2.24) is 4.57 Å². The van der Waals surface area contributed by atoms with Crippen LogP contribution in [-0.4, -0.2) is 4.57 Å². The maximum Gasteiger partial charge on any atom is 0.0582 e. The van der Waals surface area contributed by atoms with Crippen molar-refractivity contribution >= 4 is 43.4 Å². The Morgan fingerprint density at radius 2 is 1.02 bits per heavy atom. The molecule has 0 aliphatic carbocycles. The highest BCUT2D eigenvalue weighted by molar-refractivity contribution is 6.22. The number of hydrogen-bond donors (Lipinski definition) is 0. The van der Waals surface area contributed by atoms with Crippen molar-refractivity contribution in [3.63, 3.8) is 0 Å². The predicted octanol–water partition coefficient (Wildman–Crippen LogP) is 12.3. The van der Waals surface area contributed by atoms with Crippen molar-refractivity contribution < 1.29 is 0 Å². The second kappa shape index (κ2) is 9.44. The van der Waals surface area contributed by atoms with E-state index < -0.39 is 0 Å². The number of aromatic nitrogens is 1. The number of fused-ring (bicyclic) bond motifs is 7. The molecule has 0 spiro atoms. The van der Waals surface area contributed by atoms with Crippen molar-refractivity contribution in [3.8, 4) is 27.9 Å². The number of hydrogen-bond acceptors (Lipinski definition) is 0. The van der Waals surface area contributed by atoms with Gasteiger partial charge in [-0.25, -0.2) is 0 Å². The second-order valence-electron chi connectivity index (χ2n) is 14.1. The van der Waals surface area contributed by atoms with Crippen LogP contribution in [0.15, 0.2) is 115 Å². The quantitative estimate of drug-likeness (QED) is 0.176. The summed E-state index contributed by atoms with van der Waals surface area (Å²) in [5.74, 6) is 0. The molecule has 0 N–H and O–H groups in total. The average molecular weight is 592 g/mol. The van der Waals surface area contributed by atoms with Crippen molar-refractivity contribution in [3.05, 3.63) is 149 Å². The summed E-state index contributed by atoms with van der Waals surface area (Å²) in [7, 11) is 0. The van der Waals surface area contributed by atoms with Crippen molar-refractivity contribution in [2.75, 3.05) is 0 Å². The Hall–Kier alpha value is -5.14. The van der Waals surface area contributed by atoms with Crippen LogP contribution in [0.3, 0.4) is 0 Å². The molecular weight excluding hydrogens is 555 g/mol. The van der Waals surface area contributed by atoms with Gasteiger partial charge in [0.05, 0.1) is 16.7 Å². The van der Waals surface area contributed by atoms with Crippen LogP contribution >= 0.6 is 0 Å². The zero-order valence-corrected chi connectivity index (χ0v) is 27.4. The van der Waals surface area contributed by atoms with Crippen LogP contribution in [0.25, 0.3) is 71.3 Å². The molecule has 7 aromatic carbocycles. The van der Waals surface area contributed by atoms with E-state index in [9.17, 15) is 0 Å². The van der Waals surface area contributed by atoms with Gasteiger partial charge in [0.15, 0.2) is 0 Å². The third-order valence-corrected chi connectivity index (χ3v) is 10.5. The van der Waals surface area contributed by atoms with E-state index in [2.05, 4.69) is 161 Å². The Labute approximate surface area is 270 Å². The van der Waals surface area contributed by atoms with Gasteiger partial charge < -0.3 is 4.57 Å². The number of rotatable bonds is 2. The first-order valence-corrected chi connectivity index (χ1v) is 16.4. The first-order chi connectivity index (χ1) is 22.2. The van der Waals surface area contributed by atoms with Gasteiger partial charge >= 0.3 is 0 Å². The fourth-order valence-electron chi connectivity index (χ4n) is 8.35. The summed E-state index contributed by atoms with van der Waals surface area (Å²) in [6.07, 6.45) is 0. The lowest BCUT2D eigenvalue weighted by Crippen LogP contribution is -2.26. The summed E-state index contributed by atoms with van der Waals surface area (Å²) in [6.45, 7) is 13.7. The van der Waals surface area contributed by atoms with Crippen LogP contribution in [0.1, 0.15) is 47.2 Å². The topological polar surface area (TPSA) is 4.93 Å². The molecule has 0 bridgehead atoms. The van der Waals surface area contributed by atoms with Crippen LogP contribution in [-0.2, 0) is 5.41 Å². The van der Waals surface area contributed by atoms with Crippen molar-refractivity contribution in [1.29, 1.82) is 0 Å². The van der Waals surface area contributed by atoms with Gasteiger partial charge in [-0.05, 0) is 113 Å². The first kappa shape index (κ1) is 27.2. The smallest absolute Gasteiger partial charge is 0.0582 e. The molecule has 2 heterocycles. The maximum absolute atomic E-state index is 2.53. The highest BCUT2D eigenvalue weighted by Crippen LogP contribution is 2.50.